The number of hydrogen-bond acceptors (Lipinski definition) is 2. The molecule has 0 heterocycles. The third-order valence-electron chi connectivity index (χ3n) is 5.19. The number of carbonyl (C=O) groups is 2. The third-order valence-corrected chi connectivity index (χ3v) is 5.19. The van der Waals surface area contributed by atoms with E-state index in [0.717, 1.165) is 19.3 Å². The molecule has 0 aromatic heterocycles. The zero-order valence-corrected chi connectivity index (χ0v) is 12.3. The van der Waals surface area contributed by atoms with Gasteiger partial charge in [0.15, 0.2) is 0 Å². The Balaban J connectivity index is 1.79. The van der Waals surface area contributed by atoms with Crippen LogP contribution in [0, 0.1) is 11.3 Å². The molecular formula is C15H26N2O3. The standard InChI is InChI=1S/C15H26N2O3/c1-2-15(8-3-4-9-15)10-16-14(20)17-12-7-5-6-11(12)13(18)19/h11-12H,2-10H2,1H3,(H,18,19)(H2,16,17,20). The number of urea groups is 1. The summed E-state index contributed by atoms with van der Waals surface area (Å²) in [6.45, 7) is 2.89. The molecule has 2 saturated carbocycles. The molecule has 2 aliphatic carbocycles. The number of carboxylic acids is 1. The van der Waals surface area contributed by atoms with Crippen LogP contribution < -0.4 is 10.6 Å². The predicted octanol–water partition coefficient (Wildman–Crippen LogP) is 2.51. The Bertz CT molecular complexity index is 364. The zero-order valence-electron chi connectivity index (χ0n) is 12.3. The number of carbonyl (C=O) groups excluding carboxylic acids is 1. The van der Waals surface area contributed by atoms with Crippen LogP contribution in [0.5, 0.6) is 0 Å². The maximum absolute atomic E-state index is 12.0. The lowest BCUT2D eigenvalue weighted by Gasteiger charge is -2.28. The quantitative estimate of drug-likeness (QED) is 0.725. The van der Waals surface area contributed by atoms with Gasteiger partial charge in [-0.1, -0.05) is 26.2 Å². The fourth-order valence-corrected chi connectivity index (χ4v) is 3.70. The Morgan fingerprint density at radius 3 is 2.50 bits per heavy atom. The molecular weight excluding hydrogens is 256 g/mol. The molecule has 114 valence electrons. The second-order valence-corrected chi connectivity index (χ2v) is 6.37. The van der Waals surface area contributed by atoms with Crippen LogP contribution in [-0.2, 0) is 4.79 Å². The van der Waals surface area contributed by atoms with Gasteiger partial charge in [-0.05, 0) is 37.5 Å². The highest BCUT2D eigenvalue weighted by atomic mass is 16.4. The van der Waals surface area contributed by atoms with Crippen molar-refractivity contribution in [2.45, 2.75) is 64.3 Å². The zero-order chi connectivity index (χ0) is 14.6. The Morgan fingerprint density at radius 2 is 1.90 bits per heavy atom. The molecule has 0 aromatic carbocycles. The number of hydrogen-bond donors (Lipinski definition) is 3. The van der Waals surface area contributed by atoms with Crippen molar-refractivity contribution in [1.82, 2.24) is 10.6 Å². The SMILES string of the molecule is CCC1(CNC(=O)NC2CCCC2C(=O)O)CCCC1. The van der Waals surface area contributed by atoms with E-state index in [-0.39, 0.29) is 17.5 Å². The van der Waals surface area contributed by atoms with Crippen molar-refractivity contribution in [3.63, 3.8) is 0 Å². The molecule has 2 atom stereocenters. The maximum Gasteiger partial charge on any atom is 0.315 e. The Hall–Kier alpha value is -1.26. The van der Waals surface area contributed by atoms with Gasteiger partial charge < -0.3 is 15.7 Å². The summed E-state index contributed by atoms with van der Waals surface area (Å²) in [5.74, 6) is -1.22. The second kappa shape index (κ2) is 6.46. The molecule has 2 fully saturated rings. The van der Waals surface area contributed by atoms with Crippen LogP contribution in [0.3, 0.4) is 0 Å². The van der Waals surface area contributed by atoms with Gasteiger partial charge in [-0.15, -0.1) is 0 Å². The van der Waals surface area contributed by atoms with Crippen molar-refractivity contribution >= 4 is 12.0 Å². The van der Waals surface area contributed by atoms with Gasteiger partial charge in [0.1, 0.15) is 0 Å². The molecule has 0 spiro atoms. The fraction of sp³-hybridized carbons (Fsp3) is 0.867. The highest BCUT2D eigenvalue weighted by Crippen LogP contribution is 2.40. The molecule has 3 N–H and O–H groups in total. The third kappa shape index (κ3) is 3.44. The maximum atomic E-state index is 12.0. The van der Waals surface area contributed by atoms with Crippen LogP contribution in [0.2, 0.25) is 0 Å². The van der Waals surface area contributed by atoms with Gasteiger partial charge in [-0.2, -0.15) is 0 Å². The summed E-state index contributed by atoms with van der Waals surface area (Å²) < 4.78 is 0. The number of carboxylic acid groups (broad SMARTS) is 1. The minimum atomic E-state index is -0.798. The minimum absolute atomic E-state index is 0.206. The van der Waals surface area contributed by atoms with Crippen LogP contribution in [0.25, 0.3) is 0 Å². The normalized spacial score (nSPS) is 28.2. The summed E-state index contributed by atoms with van der Waals surface area (Å²) in [7, 11) is 0. The monoisotopic (exact) mass is 282 g/mol. The summed E-state index contributed by atoms with van der Waals surface area (Å²) >= 11 is 0. The number of rotatable bonds is 5. The lowest BCUT2D eigenvalue weighted by molar-refractivity contribution is -0.142. The van der Waals surface area contributed by atoms with Crippen LogP contribution in [0.4, 0.5) is 4.79 Å². The van der Waals surface area contributed by atoms with E-state index in [1.54, 1.807) is 0 Å². The van der Waals surface area contributed by atoms with Crippen molar-refractivity contribution < 1.29 is 14.7 Å². The molecule has 0 saturated heterocycles. The van der Waals surface area contributed by atoms with E-state index < -0.39 is 11.9 Å². The van der Waals surface area contributed by atoms with Gasteiger partial charge in [0.2, 0.25) is 0 Å². The molecule has 5 heteroatoms. The van der Waals surface area contributed by atoms with Crippen molar-refractivity contribution in [1.29, 1.82) is 0 Å². The first-order valence-corrected chi connectivity index (χ1v) is 7.83. The first-order chi connectivity index (χ1) is 9.56. The van der Waals surface area contributed by atoms with Crippen LogP contribution in [-0.4, -0.2) is 29.7 Å². The summed E-state index contributed by atoms with van der Waals surface area (Å²) in [6.07, 6.45) is 8.27. The summed E-state index contributed by atoms with van der Waals surface area (Å²) in [4.78, 5) is 23.1. The molecule has 0 aliphatic heterocycles. The van der Waals surface area contributed by atoms with E-state index in [1.807, 2.05) is 0 Å². The first kappa shape index (κ1) is 15.1. The molecule has 5 nitrogen and oxygen atoms in total. The van der Waals surface area contributed by atoms with Gasteiger partial charge >= 0.3 is 12.0 Å². The lowest BCUT2D eigenvalue weighted by Crippen LogP contribution is -2.47. The highest BCUT2D eigenvalue weighted by Gasteiger charge is 2.35. The summed E-state index contributed by atoms with van der Waals surface area (Å²) in [5, 5.41) is 14.9. The molecule has 2 amide bonds. The van der Waals surface area contributed by atoms with Gasteiger partial charge in [0.25, 0.3) is 0 Å². The van der Waals surface area contributed by atoms with Crippen molar-refractivity contribution in [2.24, 2.45) is 11.3 Å². The van der Waals surface area contributed by atoms with E-state index in [0.29, 0.717) is 13.0 Å². The number of amides is 2. The van der Waals surface area contributed by atoms with Crippen molar-refractivity contribution in [3.8, 4) is 0 Å². The Morgan fingerprint density at radius 1 is 1.20 bits per heavy atom. The topological polar surface area (TPSA) is 78.4 Å². The second-order valence-electron chi connectivity index (χ2n) is 6.37. The van der Waals surface area contributed by atoms with Crippen LogP contribution >= 0.6 is 0 Å². The van der Waals surface area contributed by atoms with E-state index in [9.17, 15) is 9.59 Å². The van der Waals surface area contributed by atoms with Crippen LogP contribution in [0.15, 0.2) is 0 Å². The van der Waals surface area contributed by atoms with Crippen LogP contribution in [0.1, 0.15) is 58.3 Å². The molecule has 2 rings (SSSR count). The van der Waals surface area contributed by atoms with Gasteiger partial charge in [-0.25, -0.2) is 4.79 Å². The van der Waals surface area contributed by atoms with E-state index >= 15 is 0 Å². The van der Waals surface area contributed by atoms with Gasteiger partial charge in [-0.3, -0.25) is 4.79 Å². The minimum Gasteiger partial charge on any atom is -0.481 e. The van der Waals surface area contributed by atoms with Crippen molar-refractivity contribution in [2.75, 3.05) is 6.54 Å². The average Bonchev–Trinajstić information content (AvgIpc) is 3.05. The average molecular weight is 282 g/mol. The van der Waals surface area contributed by atoms with E-state index in [2.05, 4.69) is 17.6 Å². The number of aliphatic carboxylic acids is 1. The Kier molecular flexibility index (Phi) is 4.89. The molecule has 2 unspecified atom stereocenters. The van der Waals surface area contributed by atoms with E-state index in [1.165, 1.54) is 25.7 Å². The highest BCUT2D eigenvalue weighted by molar-refractivity contribution is 5.77. The fourth-order valence-electron chi connectivity index (χ4n) is 3.70. The van der Waals surface area contributed by atoms with E-state index in [4.69, 9.17) is 5.11 Å². The molecule has 20 heavy (non-hydrogen) atoms. The lowest BCUT2D eigenvalue weighted by atomic mass is 9.83. The van der Waals surface area contributed by atoms with Gasteiger partial charge in [0.05, 0.1) is 5.92 Å². The summed E-state index contributed by atoms with van der Waals surface area (Å²) in [5.41, 5.74) is 0.263. The Labute approximate surface area is 120 Å². The smallest absolute Gasteiger partial charge is 0.315 e. The predicted molar refractivity (Wildman–Crippen MR) is 76.5 cm³/mol. The number of nitrogens with one attached hydrogen (secondary N) is 2. The molecule has 0 aromatic rings. The molecule has 2 aliphatic rings. The van der Waals surface area contributed by atoms with Gasteiger partial charge in [0, 0.05) is 12.6 Å². The largest absolute Gasteiger partial charge is 0.481 e. The molecule has 0 radical (unpaired) electrons. The first-order valence-electron chi connectivity index (χ1n) is 7.83. The van der Waals surface area contributed by atoms with Crippen molar-refractivity contribution in [3.05, 3.63) is 0 Å². The summed E-state index contributed by atoms with van der Waals surface area (Å²) in [6, 6.07) is -0.420. The molecule has 0 bridgehead atoms.